The minimum absolute atomic E-state index is 0.303. The van der Waals surface area contributed by atoms with Gasteiger partial charge in [0.15, 0.2) is 0 Å². The van der Waals surface area contributed by atoms with E-state index in [1.807, 2.05) is 0 Å². The Hall–Kier alpha value is -1.77. The summed E-state index contributed by atoms with van der Waals surface area (Å²) in [5.41, 5.74) is 11.2. The Morgan fingerprint density at radius 2 is 1.94 bits per heavy atom. The molecular formula is C14H18N2O. The maximum absolute atomic E-state index is 5.83. The summed E-state index contributed by atoms with van der Waals surface area (Å²) < 4.78 is 5.12. The fourth-order valence-electron chi connectivity index (χ4n) is 2.14. The summed E-state index contributed by atoms with van der Waals surface area (Å²) in [6, 6.07) is 6.30. The minimum atomic E-state index is 0.303. The third kappa shape index (κ3) is 2.05. The first-order chi connectivity index (χ1) is 8.00. The Morgan fingerprint density at radius 3 is 2.53 bits per heavy atom. The maximum atomic E-state index is 5.83. The summed E-state index contributed by atoms with van der Waals surface area (Å²) in [5.74, 6) is 0.729. The van der Waals surface area contributed by atoms with Gasteiger partial charge in [0, 0.05) is 11.1 Å². The molecule has 0 aliphatic rings. The summed E-state index contributed by atoms with van der Waals surface area (Å²) in [4.78, 5) is 0. The second-order valence-corrected chi connectivity index (χ2v) is 4.78. The lowest BCUT2D eigenvalue weighted by Crippen LogP contribution is -1.95. The smallest absolute Gasteiger partial charge is 0.226 e. The van der Waals surface area contributed by atoms with E-state index in [2.05, 4.69) is 51.1 Å². The zero-order valence-corrected chi connectivity index (χ0v) is 10.7. The number of nitrogen functional groups attached to an aromatic ring is 1. The SMILES string of the molecule is Cc1ccc(-c2noc(N)c2C(C)C)c(C)c1. The molecule has 0 bridgehead atoms. The number of rotatable bonds is 2. The first-order valence-electron chi connectivity index (χ1n) is 5.83. The molecule has 2 N–H and O–H groups in total. The second kappa shape index (κ2) is 4.24. The molecule has 0 fully saturated rings. The first-order valence-corrected chi connectivity index (χ1v) is 5.83. The highest BCUT2D eigenvalue weighted by Gasteiger charge is 2.19. The average Bonchev–Trinajstić information content (AvgIpc) is 2.60. The predicted molar refractivity (Wildman–Crippen MR) is 69.9 cm³/mol. The molecule has 90 valence electrons. The van der Waals surface area contributed by atoms with Gasteiger partial charge in [0.05, 0.1) is 0 Å². The minimum Gasteiger partial charge on any atom is -0.367 e. The Balaban J connectivity index is 2.61. The molecule has 0 saturated carbocycles. The van der Waals surface area contributed by atoms with Crippen LogP contribution in [-0.4, -0.2) is 5.16 Å². The number of anilines is 1. The molecule has 0 amide bonds. The summed E-state index contributed by atoms with van der Waals surface area (Å²) in [7, 11) is 0. The van der Waals surface area contributed by atoms with Gasteiger partial charge >= 0.3 is 0 Å². The molecule has 1 heterocycles. The Kier molecular flexibility index (Phi) is 2.92. The van der Waals surface area contributed by atoms with Crippen molar-refractivity contribution in [1.82, 2.24) is 5.16 Å². The number of aromatic nitrogens is 1. The van der Waals surface area contributed by atoms with Crippen molar-refractivity contribution in [1.29, 1.82) is 0 Å². The van der Waals surface area contributed by atoms with Gasteiger partial charge in [-0.3, -0.25) is 0 Å². The number of hydrogen-bond acceptors (Lipinski definition) is 3. The van der Waals surface area contributed by atoms with Crippen LogP contribution in [0, 0.1) is 13.8 Å². The summed E-state index contributed by atoms with van der Waals surface area (Å²) in [6.45, 7) is 8.35. The summed E-state index contributed by atoms with van der Waals surface area (Å²) in [6.07, 6.45) is 0. The topological polar surface area (TPSA) is 52.0 Å². The highest BCUT2D eigenvalue weighted by atomic mass is 16.5. The van der Waals surface area contributed by atoms with E-state index in [-0.39, 0.29) is 0 Å². The molecule has 0 atom stereocenters. The lowest BCUT2D eigenvalue weighted by atomic mass is 9.95. The molecular weight excluding hydrogens is 212 g/mol. The standard InChI is InChI=1S/C14H18N2O/c1-8(2)12-13(16-17-14(12)15)11-6-5-9(3)7-10(11)4/h5-8H,15H2,1-4H3. The van der Waals surface area contributed by atoms with Crippen LogP contribution in [0.1, 0.15) is 36.5 Å². The van der Waals surface area contributed by atoms with Crippen LogP contribution >= 0.6 is 0 Å². The van der Waals surface area contributed by atoms with Crippen LogP contribution < -0.4 is 5.73 Å². The van der Waals surface area contributed by atoms with Gasteiger partial charge in [-0.05, 0) is 25.3 Å². The zero-order valence-electron chi connectivity index (χ0n) is 10.7. The average molecular weight is 230 g/mol. The van der Waals surface area contributed by atoms with Crippen molar-refractivity contribution in [3.8, 4) is 11.3 Å². The Morgan fingerprint density at radius 1 is 1.24 bits per heavy atom. The Bertz CT molecular complexity index is 541. The number of nitrogens with zero attached hydrogens (tertiary/aromatic N) is 1. The van der Waals surface area contributed by atoms with Gasteiger partial charge in [0.2, 0.25) is 5.88 Å². The van der Waals surface area contributed by atoms with Crippen molar-refractivity contribution < 1.29 is 4.52 Å². The van der Waals surface area contributed by atoms with Crippen molar-refractivity contribution in [2.75, 3.05) is 5.73 Å². The number of aryl methyl sites for hydroxylation is 2. The van der Waals surface area contributed by atoms with E-state index < -0.39 is 0 Å². The van der Waals surface area contributed by atoms with Gasteiger partial charge in [-0.15, -0.1) is 0 Å². The van der Waals surface area contributed by atoms with E-state index >= 15 is 0 Å². The van der Waals surface area contributed by atoms with E-state index in [1.54, 1.807) is 0 Å². The molecule has 2 aromatic rings. The van der Waals surface area contributed by atoms with Crippen molar-refractivity contribution in [3.05, 3.63) is 34.9 Å². The molecule has 0 saturated heterocycles. The largest absolute Gasteiger partial charge is 0.367 e. The third-order valence-corrected chi connectivity index (χ3v) is 2.97. The van der Waals surface area contributed by atoms with Crippen LogP contribution in [-0.2, 0) is 0 Å². The van der Waals surface area contributed by atoms with Crippen molar-refractivity contribution in [2.45, 2.75) is 33.6 Å². The fraction of sp³-hybridized carbons (Fsp3) is 0.357. The molecule has 3 nitrogen and oxygen atoms in total. The van der Waals surface area contributed by atoms with Gasteiger partial charge < -0.3 is 10.3 Å². The molecule has 0 spiro atoms. The van der Waals surface area contributed by atoms with E-state index in [1.165, 1.54) is 11.1 Å². The molecule has 1 aromatic heterocycles. The summed E-state index contributed by atoms with van der Waals surface area (Å²) >= 11 is 0. The van der Waals surface area contributed by atoms with Crippen LogP contribution in [0.3, 0.4) is 0 Å². The number of hydrogen-bond donors (Lipinski definition) is 1. The van der Waals surface area contributed by atoms with Crippen LogP contribution in [0.4, 0.5) is 5.88 Å². The van der Waals surface area contributed by atoms with Crippen molar-refractivity contribution in [2.24, 2.45) is 0 Å². The van der Waals surface area contributed by atoms with Crippen LogP contribution in [0.2, 0.25) is 0 Å². The lowest BCUT2D eigenvalue weighted by molar-refractivity contribution is 0.438. The third-order valence-electron chi connectivity index (χ3n) is 2.97. The Labute approximate surface area is 102 Å². The fourth-order valence-corrected chi connectivity index (χ4v) is 2.14. The molecule has 0 aliphatic carbocycles. The molecule has 2 rings (SSSR count). The van der Waals surface area contributed by atoms with E-state index in [4.69, 9.17) is 10.3 Å². The van der Waals surface area contributed by atoms with Crippen molar-refractivity contribution in [3.63, 3.8) is 0 Å². The number of nitrogens with two attached hydrogens (primary N) is 1. The zero-order chi connectivity index (χ0) is 12.6. The normalized spacial score (nSPS) is 11.1. The van der Waals surface area contributed by atoms with Crippen LogP contribution in [0.5, 0.6) is 0 Å². The molecule has 0 aliphatic heterocycles. The van der Waals surface area contributed by atoms with Gasteiger partial charge in [-0.1, -0.05) is 42.8 Å². The van der Waals surface area contributed by atoms with Gasteiger partial charge in [0.1, 0.15) is 5.69 Å². The van der Waals surface area contributed by atoms with Gasteiger partial charge in [-0.2, -0.15) is 0 Å². The van der Waals surface area contributed by atoms with Crippen molar-refractivity contribution >= 4 is 5.88 Å². The quantitative estimate of drug-likeness (QED) is 0.856. The highest BCUT2D eigenvalue weighted by molar-refractivity contribution is 5.70. The molecule has 3 heteroatoms. The lowest BCUT2D eigenvalue weighted by Gasteiger charge is -2.08. The summed E-state index contributed by atoms with van der Waals surface area (Å²) in [5, 5.41) is 4.10. The predicted octanol–water partition coefficient (Wildman–Crippen LogP) is 3.66. The monoisotopic (exact) mass is 230 g/mol. The maximum Gasteiger partial charge on any atom is 0.226 e. The number of benzene rings is 1. The second-order valence-electron chi connectivity index (χ2n) is 4.78. The molecule has 17 heavy (non-hydrogen) atoms. The molecule has 1 aromatic carbocycles. The molecule has 0 radical (unpaired) electrons. The van der Waals surface area contributed by atoms with Crippen LogP contribution in [0.25, 0.3) is 11.3 Å². The van der Waals surface area contributed by atoms with Gasteiger partial charge in [-0.25, -0.2) is 0 Å². The van der Waals surface area contributed by atoms with E-state index in [0.29, 0.717) is 11.8 Å². The van der Waals surface area contributed by atoms with Gasteiger partial charge in [0.25, 0.3) is 0 Å². The van der Waals surface area contributed by atoms with E-state index in [0.717, 1.165) is 16.8 Å². The van der Waals surface area contributed by atoms with Crippen LogP contribution in [0.15, 0.2) is 22.7 Å². The molecule has 0 unspecified atom stereocenters. The highest BCUT2D eigenvalue weighted by Crippen LogP contribution is 2.34. The first kappa shape index (κ1) is 11.7. The van der Waals surface area contributed by atoms with E-state index in [9.17, 15) is 0 Å².